The zero-order valence-corrected chi connectivity index (χ0v) is 13.5. The normalized spacial score (nSPS) is 18.6. The highest BCUT2D eigenvalue weighted by Gasteiger charge is 2.20. The molecule has 1 saturated heterocycles. The van der Waals surface area contributed by atoms with Gasteiger partial charge < -0.3 is 10.6 Å². The van der Waals surface area contributed by atoms with Gasteiger partial charge in [-0.3, -0.25) is 4.90 Å². The van der Waals surface area contributed by atoms with Gasteiger partial charge in [0.1, 0.15) is 0 Å². The molecule has 2 N–H and O–H groups in total. The van der Waals surface area contributed by atoms with Gasteiger partial charge in [-0.25, -0.2) is 0 Å². The van der Waals surface area contributed by atoms with Gasteiger partial charge in [-0.1, -0.05) is 22.9 Å². The van der Waals surface area contributed by atoms with Crippen LogP contribution in [-0.2, 0) is 6.54 Å². The molecule has 3 nitrogen and oxygen atoms in total. The molecule has 1 aromatic rings. The monoisotopic (exact) mass is 325 g/mol. The molecule has 19 heavy (non-hydrogen) atoms. The van der Waals surface area contributed by atoms with Crippen LogP contribution in [0.3, 0.4) is 0 Å². The van der Waals surface area contributed by atoms with E-state index in [9.17, 15) is 0 Å². The maximum absolute atomic E-state index is 5.75. The second-order valence-electron chi connectivity index (χ2n) is 5.30. The van der Waals surface area contributed by atoms with E-state index in [0.717, 1.165) is 30.7 Å². The molecule has 1 aliphatic rings. The highest BCUT2D eigenvalue weighted by Crippen LogP contribution is 2.24. The Morgan fingerprint density at radius 3 is 2.47 bits per heavy atom. The number of benzene rings is 1. The standard InChI is InChI=1S/C15H24BrN3/c1-3-12(2)18-4-6-19(7-5-18)15-9-13(11-17)8-14(16)10-15/h8-10,12H,3-7,11,17H2,1-2H3. The van der Waals surface area contributed by atoms with Crippen LogP contribution in [0.4, 0.5) is 5.69 Å². The zero-order valence-electron chi connectivity index (χ0n) is 11.9. The molecule has 1 fully saturated rings. The second-order valence-corrected chi connectivity index (χ2v) is 6.22. The quantitative estimate of drug-likeness (QED) is 0.923. The summed E-state index contributed by atoms with van der Waals surface area (Å²) in [5.74, 6) is 0. The van der Waals surface area contributed by atoms with Crippen LogP contribution in [0.15, 0.2) is 22.7 Å². The van der Waals surface area contributed by atoms with E-state index in [1.54, 1.807) is 0 Å². The molecule has 1 heterocycles. The predicted molar refractivity (Wildman–Crippen MR) is 85.6 cm³/mol. The summed E-state index contributed by atoms with van der Waals surface area (Å²) in [4.78, 5) is 5.04. The molecule has 1 unspecified atom stereocenters. The number of hydrogen-bond acceptors (Lipinski definition) is 3. The lowest BCUT2D eigenvalue weighted by Gasteiger charge is -2.39. The summed E-state index contributed by atoms with van der Waals surface area (Å²) >= 11 is 3.57. The van der Waals surface area contributed by atoms with E-state index >= 15 is 0 Å². The van der Waals surface area contributed by atoms with Crippen LogP contribution in [0, 0.1) is 0 Å². The molecule has 0 bridgehead atoms. The summed E-state index contributed by atoms with van der Waals surface area (Å²) in [7, 11) is 0. The van der Waals surface area contributed by atoms with Crippen molar-refractivity contribution in [3.05, 3.63) is 28.2 Å². The fourth-order valence-corrected chi connectivity index (χ4v) is 3.14. The summed E-state index contributed by atoms with van der Waals surface area (Å²) in [5.41, 5.74) is 8.23. The van der Waals surface area contributed by atoms with E-state index < -0.39 is 0 Å². The first-order chi connectivity index (χ1) is 9.13. The van der Waals surface area contributed by atoms with Gasteiger partial charge in [-0.15, -0.1) is 0 Å². The van der Waals surface area contributed by atoms with Gasteiger partial charge in [0.2, 0.25) is 0 Å². The lowest BCUT2D eigenvalue weighted by Crippen LogP contribution is -2.49. The van der Waals surface area contributed by atoms with Gasteiger partial charge in [0.15, 0.2) is 0 Å². The third-order valence-electron chi connectivity index (χ3n) is 4.07. The van der Waals surface area contributed by atoms with Crippen molar-refractivity contribution in [2.75, 3.05) is 31.1 Å². The average molecular weight is 326 g/mol. The third-order valence-corrected chi connectivity index (χ3v) is 4.53. The molecule has 1 atom stereocenters. The van der Waals surface area contributed by atoms with Crippen molar-refractivity contribution in [2.24, 2.45) is 5.73 Å². The molecular weight excluding hydrogens is 302 g/mol. The van der Waals surface area contributed by atoms with Crippen molar-refractivity contribution in [2.45, 2.75) is 32.9 Å². The maximum atomic E-state index is 5.75. The van der Waals surface area contributed by atoms with Crippen molar-refractivity contribution in [3.8, 4) is 0 Å². The summed E-state index contributed by atoms with van der Waals surface area (Å²) < 4.78 is 1.12. The molecule has 0 spiro atoms. The highest BCUT2D eigenvalue weighted by atomic mass is 79.9. The van der Waals surface area contributed by atoms with Crippen LogP contribution in [-0.4, -0.2) is 37.1 Å². The topological polar surface area (TPSA) is 32.5 Å². The van der Waals surface area contributed by atoms with E-state index in [4.69, 9.17) is 5.73 Å². The number of nitrogens with zero attached hydrogens (tertiary/aromatic N) is 2. The van der Waals surface area contributed by atoms with Gasteiger partial charge >= 0.3 is 0 Å². The third kappa shape index (κ3) is 3.71. The van der Waals surface area contributed by atoms with Crippen molar-refractivity contribution in [1.29, 1.82) is 0 Å². The second kappa shape index (κ2) is 6.73. The number of hydrogen-bond donors (Lipinski definition) is 1. The molecule has 2 rings (SSSR count). The van der Waals surface area contributed by atoms with Gasteiger partial charge in [-0.2, -0.15) is 0 Å². The Bertz CT molecular complexity index is 414. The van der Waals surface area contributed by atoms with Crippen molar-refractivity contribution in [3.63, 3.8) is 0 Å². The minimum absolute atomic E-state index is 0.597. The largest absolute Gasteiger partial charge is 0.369 e. The van der Waals surface area contributed by atoms with Gasteiger partial charge in [0, 0.05) is 48.9 Å². The number of halogens is 1. The molecule has 0 radical (unpaired) electrons. The van der Waals surface area contributed by atoms with Crippen molar-refractivity contribution >= 4 is 21.6 Å². The van der Waals surface area contributed by atoms with E-state index in [1.165, 1.54) is 17.7 Å². The molecule has 0 amide bonds. The Balaban J connectivity index is 2.03. The highest BCUT2D eigenvalue weighted by molar-refractivity contribution is 9.10. The first-order valence-corrected chi connectivity index (χ1v) is 7.92. The van der Waals surface area contributed by atoms with E-state index in [0.29, 0.717) is 12.6 Å². The number of rotatable bonds is 4. The lowest BCUT2D eigenvalue weighted by molar-refractivity contribution is 0.193. The van der Waals surface area contributed by atoms with Gasteiger partial charge in [0.05, 0.1) is 0 Å². The number of piperazine rings is 1. The Labute approximate surface area is 124 Å². The molecule has 0 aromatic heterocycles. The van der Waals surface area contributed by atoms with Crippen LogP contribution in [0.1, 0.15) is 25.8 Å². The maximum Gasteiger partial charge on any atom is 0.0381 e. The van der Waals surface area contributed by atoms with E-state index in [2.05, 4.69) is 57.8 Å². The molecule has 4 heteroatoms. The van der Waals surface area contributed by atoms with Gasteiger partial charge in [-0.05, 0) is 37.1 Å². The van der Waals surface area contributed by atoms with Crippen molar-refractivity contribution < 1.29 is 0 Å². The zero-order chi connectivity index (χ0) is 13.8. The van der Waals surface area contributed by atoms with Crippen LogP contribution < -0.4 is 10.6 Å². The molecule has 1 aliphatic heterocycles. The fraction of sp³-hybridized carbons (Fsp3) is 0.600. The van der Waals surface area contributed by atoms with E-state index in [1.807, 2.05) is 0 Å². The molecular formula is C15H24BrN3. The van der Waals surface area contributed by atoms with E-state index in [-0.39, 0.29) is 0 Å². The number of anilines is 1. The smallest absolute Gasteiger partial charge is 0.0381 e. The minimum atomic E-state index is 0.597. The first kappa shape index (κ1) is 14.8. The van der Waals surface area contributed by atoms with Crippen LogP contribution >= 0.6 is 15.9 Å². The molecule has 0 aliphatic carbocycles. The SMILES string of the molecule is CCC(C)N1CCN(c2cc(Br)cc(CN)c2)CC1. The first-order valence-electron chi connectivity index (χ1n) is 7.12. The average Bonchev–Trinajstić information content (AvgIpc) is 2.46. The minimum Gasteiger partial charge on any atom is -0.369 e. The molecule has 106 valence electrons. The summed E-state index contributed by atoms with van der Waals surface area (Å²) in [6.07, 6.45) is 1.23. The van der Waals surface area contributed by atoms with Crippen LogP contribution in [0.25, 0.3) is 0 Å². The lowest BCUT2D eigenvalue weighted by atomic mass is 10.1. The van der Waals surface area contributed by atoms with Gasteiger partial charge in [0.25, 0.3) is 0 Å². The Kier molecular flexibility index (Phi) is 5.25. The molecule has 1 aromatic carbocycles. The Morgan fingerprint density at radius 2 is 1.89 bits per heavy atom. The predicted octanol–water partition coefficient (Wildman–Crippen LogP) is 2.83. The Morgan fingerprint density at radius 1 is 1.21 bits per heavy atom. The summed E-state index contributed by atoms with van der Waals surface area (Å²) in [6, 6.07) is 7.20. The van der Waals surface area contributed by atoms with Crippen LogP contribution in [0.2, 0.25) is 0 Å². The van der Waals surface area contributed by atoms with Crippen LogP contribution in [0.5, 0.6) is 0 Å². The molecule has 0 saturated carbocycles. The van der Waals surface area contributed by atoms with Crippen molar-refractivity contribution in [1.82, 2.24) is 4.90 Å². The summed E-state index contributed by atoms with van der Waals surface area (Å²) in [6.45, 7) is 9.69. The fourth-order valence-electron chi connectivity index (χ4n) is 2.61. The summed E-state index contributed by atoms with van der Waals surface area (Å²) in [5, 5.41) is 0. The Hall–Kier alpha value is -0.580. The number of nitrogens with two attached hydrogens (primary N) is 1.